The Bertz CT molecular complexity index is 550. The van der Waals surface area contributed by atoms with Gasteiger partial charge in [0.25, 0.3) is 0 Å². The number of benzene rings is 1. The van der Waals surface area contributed by atoms with E-state index in [9.17, 15) is 13.2 Å². The van der Waals surface area contributed by atoms with Crippen LogP contribution in [0.5, 0.6) is 11.5 Å². The summed E-state index contributed by atoms with van der Waals surface area (Å²) in [6.07, 6.45) is 0.747. The fraction of sp³-hybridized carbons (Fsp3) is 0.417. The monoisotopic (exact) mass is 270 g/mol. The summed E-state index contributed by atoms with van der Waals surface area (Å²) in [7, 11) is -1.48. The molecule has 0 radical (unpaired) electrons. The molecule has 2 rings (SSSR count). The average molecular weight is 270 g/mol. The van der Waals surface area contributed by atoms with Gasteiger partial charge in [0.2, 0.25) is 0 Å². The first-order valence-corrected chi connectivity index (χ1v) is 7.36. The maximum atomic E-state index is 11.3. The van der Waals surface area contributed by atoms with E-state index in [2.05, 4.69) is 0 Å². The van der Waals surface area contributed by atoms with E-state index in [4.69, 9.17) is 9.47 Å². The Kier molecular flexibility index (Phi) is 3.56. The molecule has 1 aromatic rings. The molecule has 1 fully saturated rings. The molecule has 0 aromatic heterocycles. The summed E-state index contributed by atoms with van der Waals surface area (Å²) in [5.74, 6) is 1.07. The van der Waals surface area contributed by atoms with Gasteiger partial charge in [-0.2, -0.15) is 0 Å². The number of carbonyl (C=O) groups excluding carboxylic acids is 1. The summed E-state index contributed by atoms with van der Waals surface area (Å²) in [4.78, 5) is 10.9. The van der Waals surface area contributed by atoms with Gasteiger partial charge in [0, 0.05) is 6.07 Å². The van der Waals surface area contributed by atoms with Gasteiger partial charge in [0.15, 0.2) is 16.1 Å². The second-order valence-electron chi connectivity index (χ2n) is 4.16. The molecule has 5 nitrogen and oxygen atoms in total. The van der Waals surface area contributed by atoms with Crippen LogP contribution in [-0.4, -0.2) is 39.4 Å². The lowest BCUT2D eigenvalue weighted by molar-refractivity contribution is 0.111. The van der Waals surface area contributed by atoms with Crippen molar-refractivity contribution in [2.75, 3.05) is 18.6 Å². The van der Waals surface area contributed by atoms with Crippen LogP contribution in [0.3, 0.4) is 0 Å². The Hall–Kier alpha value is -1.56. The van der Waals surface area contributed by atoms with E-state index in [0.717, 1.165) is 0 Å². The van der Waals surface area contributed by atoms with Crippen LogP contribution >= 0.6 is 0 Å². The Balaban J connectivity index is 2.20. The summed E-state index contributed by atoms with van der Waals surface area (Å²) in [6, 6.07) is 4.83. The van der Waals surface area contributed by atoms with Gasteiger partial charge in [-0.05, 0) is 18.6 Å². The van der Waals surface area contributed by atoms with Gasteiger partial charge < -0.3 is 9.47 Å². The molecular weight excluding hydrogens is 256 g/mol. The van der Waals surface area contributed by atoms with Crippen molar-refractivity contribution in [2.45, 2.75) is 12.5 Å². The van der Waals surface area contributed by atoms with E-state index in [1.807, 2.05) is 0 Å². The van der Waals surface area contributed by atoms with Crippen LogP contribution in [0.1, 0.15) is 16.8 Å². The van der Waals surface area contributed by atoms with Gasteiger partial charge in [0.1, 0.15) is 17.6 Å². The van der Waals surface area contributed by atoms with E-state index in [0.29, 0.717) is 29.8 Å². The van der Waals surface area contributed by atoms with Gasteiger partial charge in [-0.25, -0.2) is 8.42 Å². The highest BCUT2D eigenvalue weighted by atomic mass is 32.2. The molecule has 0 bridgehead atoms. The van der Waals surface area contributed by atoms with E-state index >= 15 is 0 Å². The second-order valence-corrected chi connectivity index (χ2v) is 6.39. The Morgan fingerprint density at radius 2 is 2.17 bits per heavy atom. The number of carbonyl (C=O) groups is 1. The quantitative estimate of drug-likeness (QED) is 0.765. The zero-order chi connectivity index (χ0) is 13.2. The normalized spacial score (nSPS) is 21.5. The second kappa shape index (κ2) is 4.97. The molecule has 0 aliphatic carbocycles. The predicted molar refractivity (Wildman–Crippen MR) is 66.1 cm³/mol. The molecule has 6 heteroatoms. The number of aldehydes is 1. The molecule has 1 unspecified atom stereocenters. The minimum absolute atomic E-state index is 0.00249. The Labute approximate surface area is 106 Å². The first-order valence-electron chi connectivity index (χ1n) is 5.54. The van der Waals surface area contributed by atoms with Crippen molar-refractivity contribution in [3.63, 3.8) is 0 Å². The van der Waals surface area contributed by atoms with Crippen LogP contribution in [0.15, 0.2) is 18.2 Å². The number of methoxy groups -OCH3 is 1. The summed E-state index contributed by atoms with van der Waals surface area (Å²) in [5.41, 5.74) is 0.389. The number of sulfone groups is 1. The lowest BCUT2D eigenvalue weighted by atomic mass is 10.2. The fourth-order valence-electron chi connectivity index (χ4n) is 1.87. The third kappa shape index (κ3) is 2.81. The first kappa shape index (κ1) is 12.9. The fourth-order valence-corrected chi connectivity index (χ4v) is 3.46. The largest absolute Gasteiger partial charge is 0.497 e. The topological polar surface area (TPSA) is 69.7 Å². The van der Waals surface area contributed by atoms with Gasteiger partial charge >= 0.3 is 0 Å². The van der Waals surface area contributed by atoms with Gasteiger partial charge in [0.05, 0.1) is 24.2 Å². The molecular formula is C12H14O5S. The van der Waals surface area contributed by atoms with Crippen LogP contribution in [-0.2, 0) is 9.84 Å². The molecule has 0 spiro atoms. The molecule has 1 aliphatic rings. The van der Waals surface area contributed by atoms with E-state index in [1.54, 1.807) is 18.2 Å². The highest BCUT2D eigenvalue weighted by Crippen LogP contribution is 2.27. The molecule has 1 atom stereocenters. The van der Waals surface area contributed by atoms with Crippen molar-refractivity contribution in [1.82, 2.24) is 0 Å². The molecule has 1 saturated heterocycles. The molecule has 0 amide bonds. The summed E-state index contributed by atoms with van der Waals surface area (Å²) < 4.78 is 33.3. The first-order chi connectivity index (χ1) is 8.54. The summed E-state index contributed by atoms with van der Waals surface area (Å²) >= 11 is 0. The highest BCUT2D eigenvalue weighted by Gasteiger charge is 2.29. The lowest BCUT2D eigenvalue weighted by Crippen LogP contribution is -2.18. The maximum absolute atomic E-state index is 11.3. The van der Waals surface area contributed by atoms with Crippen molar-refractivity contribution in [3.05, 3.63) is 23.8 Å². The zero-order valence-electron chi connectivity index (χ0n) is 9.96. The van der Waals surface area contributed by atoms with Crippen molar-refractivity contribution in [3.8, 4) is 11.5 Å². The molecule has 1 aromatic carbocycles. The van der Waals surface area contributed by atoms with Crippen molar-refractivity contribution >= 4 is 16.1 Å². The third-order valence-electron chi connectivity index (χ3n) is 2.83. The van der Waals surface area contributed by atoms with E-state index < -0.39 is 9.84 Å². The standard InChI is InChI=1S/C12H14O5S/c1-16-10-3-2-9(7-13)12(6-10)17-11-4-5-18(14,15)8-11/h2-3,6-7,11H,4-5,8H2,1H3. The number of hydrogen-bond acceptors (Lipinski definition) is 5. The summed E-state index contributed by atoms with van der Waals surface area (Å²) in [6.45, 7) is 0. The SMILES string of the molecule is COc1ccc(C=O)c(OC2CCS(=O)(=O)C2)c1. The third-order valence-corrected chi connectivity index (χ3v) is 4.57. The molecule has 1 aliphatic heterocycles. The number of rotatable bonds is 4. The molecule has 18 heavy (non-hydrogen) atoms. The van der Waals surface area contributed by atoms with Gasteiger partial charge in [-0.1, -0.05) is 0 Å². The van der Waals surface area contributed by atoms with Gasteiger partial charge in [-0.15, -0.1) is 0 Å². The van der Waals surface area contributed by atoms with Crippen LogP contribution in [0, 0.1) is 0 Å². The van der Waals surface area contributed by atoms with Crippen molar-refractivity contribution in [1.29, 1.82) is 0 Å². The average Bonchev–Trinajstić information content (AvgIpc) is 2.68. The van der Waals surface area contributed by atoms with Crippen LogP contribution < -0.4 is 9.47 Å². The highest BCUT2D eigenvalue weighted by molar-refractivity contribution is 7.91. The minimum atomic E-state index is -3.00. The zero-order valence-corrected chi connectivity index (χ0v) is 10.8. The lowest BCUT2D eigenvalue weighted by Gasteiger charge is -2.14. The van der Waals surface area contributed by atoms with Crippen LogP contribution in [0.4, 0.5) is 0 Å². The van der Waals surface area contributed by atoms with Crippen molar-refractivity contribution in [2.24, 2.45) is 0 Å². The minimum Gasteiger partial charge on any atom is -0.497 e. The van der Waals surface area contributed by atoms with Crippen LogP contribution in [0.25, 0.3) is 0 Å². The molecule has 1 heterocycles. The molecule has 0 N–H and O–H groups in total. The van der Waals surface area contributed by atoms with Gasteiger partial charge in [-0.3, -0.25) is 4.79 Å². The smallest absolute Gasteiger partial charge is 0.154 e. The van der Waals surface area contributed by atoms with E-state index in [-0.39, 0.29) is 17.6 Å². The van der Waals surface area contributed by atoms with E-state index in [1.165, 1.54) is 7.11 Å². The Morgan fingerprint density at radius 1 is 1.39 bits per heavy atom. The molecule has 0 saturated carbocycles. The maximum Gasteiger partial charge on any atom is 0.154 e. The predicted octanol–water partition coefficient (Wildman–Crippen LogP) is 1.07. The Morgan fingerprint density at radius 3 is 2.72 bits per heavy atom. The van der Waals surface area contributed by atoms with Crippen molar-refractivity contribution < 1.29 is 22.7 Å². The number of hydrogen-bond donors (Lipinski definition) is 0. The van der Waals surface area contributed by atoms with Crippen LogP contribution in [0.2, 0.25) is 0 Å². The number of ether oxygens (including phenoxy) is 2. The molecule has 98 valence electrons. The summed E-state index contributed by atoms with van der Waals surface area (Å²) in [5, 5.41) is 0.